The summed E-state index contributed by atoms with van der Waals surface area (Å²) in [5.74, 6) is 0.478. The lowest BCUT2D eigenvalue weighted by molar-refractivity contribution is 0.116. The lowest BCUT2D eigenvalue weighted by Gasteiger charge is -2.36. The molecule has 0 aromatic heterocycles. The maximum Gasteiger partial charge on any atom is 0.399 e. The maximum atomic E-state index is 11.5. The van der Waals surface area contributed by atoms with Crippen LogP contribution in [0.25, 0.3) is 0 Å². The first kappa shape index (κ1) is 20.8. The molecule has 1 unspecified atom stereocenters. The molecular weight excluding hydrogens is 380 g/mol. The third-order valence-corrected chi connectivity index (χ3v) is 5.30. The van der Waals surface area contributed by atoms with Gasteiger partial charge in [0.05, 0.1) is 7.11 Å². The Balaban J connectivity index is 1.93. The Kier molecular flexibility index (Phi) is 6.69. The number of rotatable bonds is 7. The Labute approximate surface area is 166 Å². The van der Waals surface area contributed by atoms with Gasteiger partial charge >= 0.3 is 10.4 Å². The highest BCUT2D eigenvalue weighted by atomic mass is 32.3. The zero-order valence-corrected chi connectivity index (χ0v) is 16.8. The third kappa shape index (κ3) is 5.30. The average molecular weight is 407 g/mol. The summed E-state index contributed by atoms with van der Waals surface area (Å²) >= 11 is 0. The number of benzene rings is 2. The fraction of sp³-hybridized carbons (Fsp3) is 0.400. The molecule has 0 aliphatic carbocycles. The van der Waals surface area contributed by atoms with Crippen molar-refractivity contribution in [2.45, 2.75) is 38.1 Å². The monoisotopic (exact) mass is 406 g/mol. The summed E-state index contributed by atoms with van der Waals surface area (Å²) in [4.78, 5) is 0. The SMILES string of the molecule is COc1ccc(C)cc1C(N[C@H]1CCCN[C@H]1c1ccccc1)OS(=O)(=O)O. The Morgan fingerprint density at radius 3 is 2.64 bits per heavy atom. The standard InChI is InChI=1S/C20H26N2O5S/c1-14-10-11-18(26-2)16(13-14)20(27-28(23,24)25)22-17-9-6-12-21-19(17)15-7-4-3-5-8-15/h3-5,7-8,10-11,13,17,19-22H,6,9,12H2,1-2H3,(H,23,24,25)/t17-,19-,20?/m0/s1. The molecule has 152 valence electrons. The van der Waals surface area contributed by atoms with E-state index in [1.165, 1.54) is 7.11 Å². The topological polar surface area (TPSA) is 96.9 Å². The van der Waals surface area contributed by atoms with Gasteiger partial charge in [-0.05, 0) is 44.0 Å². The van der Waals surface area contributed by atoms with Crippen LogP contribution in [0.3, 0.4) is 0 Å². The van der Waals surface area contributed by atoms with E-state index >= 15 is 0 Å². The smallest absolute Gasteiger partial charge is 0.399 e. The number of nitrogens with one attached hydrogen (secondary N) is 2. The summed E-state index contributed by atoms with van der Waals surface area (Å²) in [5, 5.41) is 6.76. The molecule has 0 spiro atoms. The number of ether oxygens (including phenoxy) is 1. The molecule has 1 heterocycles. The minimum Gasteiger partial charge on any atom is -0.496 e. The zero-order valence-electron chi connectivity index (χ0n) is 16.0. The molecule has 8 heteroatoms. The predicted molar refractivity (Wildman–Crippen MR) is 106 cm³/mol. The van der Waals surface area contributed by atoms with Gasteiger partial charge in [0, 0.05) is 17.6 Å². The van der Waals surface area contributed by atoms with Gasteiger partial charge in [-0.3, -0.25) is 9.87 Å². The van der Waals surface area contributed by atoms with Crippen molar-refractivity contribution < 1.29 is 21.9 Å². The van der Waals surface area contributed by atoms with Crippen LogP contribution in [0.1, 0.15) is 41.8 Å². The van der Waals surface area contributed by atoms with Crippen molar-refractivity contribution in [3.8, 4) is 5.75 Å². The van der Waals surface area contributed by atoms with Crippen LogP contribution in [0.5, 0.6) is 5.75 Å². The van der Waals surface area contributed by atoms with Crippen LogP contribution in [0, 0.1) is 6.92 Å². The van der Waals surface area contributed by atoms with E-state index in [1.54, 1.807) is 12.1 Å². The van der Waals surface area contributed by atoms with Crippen LogP contribution in [-0.4, -0.2) is 32.7 Å². The zero-order chi connectivity index (χ0) is 20.1. The molecule has 1 fully saturated rings. The maximum absolute atomic E-state index is 11.5. The van der Waals surface area contributed by atoms with Gasteiger partial charge in [0.25, 0.3) is 0 Å². The Hall–Kier alpha value is -1.97. The lowest BCUT2D eigenvalue weighted by atomic mass is 9.92. The van der Waals surface area contributed by atoms with Crippen LogP contribution >= 0.6 is 0 Å². The summed E-state index contributed by atoms with van der Waals surface area (Å²) < 4.78 is 42.8. The first-order valence-electron chi connectivity index (χ1n) is 9.22. The van der Waals surface area contributed by atoms with Crippen molar-refractivity contribution in [3.63, 3.8) is 0 Å². The quantitative estimate of drug-likeness (QED) is 0.480. The van der Waals surface area contributed by atoms with E-state index in [1.807, 2.05) is 43.3 Å². The van der Waals surface area contributed by atoms with Gasteiger partial charge in [0.15, 0.2) is 6.23 Å². The summed E-state index contributed by atoms with van der Waals surface area (Å²) in [6.07, 6.45) is 0.678. The van der Waals surface area contributed by atoms with E-state index in [2.05, 4.69) is 10.6 Å². The second-order valence-electron chi connectivity index (χ2n) is 6.91. The van der Waals surface area contributed by atoms with Crippen molar-refractivity contribution in [1.29, 1.82) is 0 Å². The van der Waals surface area contributed by atoms with Crippen molar-refractivity contribution in [2.24, 2.45) is 0 Å². The van der Waals surface area contributed by atoms with E-state index in [0.717, 1.165) is 30.5 Å². The predicted octanol–water partition coefficient (Wildman–Crippen LogP) is 2.90. The van der Waals surface area contributed by atoms with Gasteiger partial charge in [-0.25, -0.2) is 4.18 Å². The van der Waals surface area contributed by atoms with E-state index < -0.39 is 16.6 Å². The molecule has 0 amide bonds. The Bertz CT molecular complexity index is 889. The highest BCUT2D eigenvalue weighted by Gasteiger charge is 2.31. The molecule has 1 aliphatic rings. The number of methoxy groups -OCH3 is 1. The van der Waals surface area contributed by atoms with Gasteiger partial charge in [-0.2, -0.15) is 8.42 Å². The molecule has 3 N–H and O–H groups in total. The van der Waals surface area contributed by atoms with E-state index in [-0.39, 0.29) is 12.1 Å². The molecule has 1 aliphatic heterocycles. The number of hydrogen-bond acceptors (Lipinski definition) is 6. The lowest BCUT2D eigenvalue weighted by Crippen LogP contribution is -2.48. The molecule has 3 atom stereocenters. The van der Waals surface area contributed by atoms with E-state index in [9.17, 15) is 13.0 Å². The van der Waals surface area contributed by atoms with Gasteiger partial charge in [0.1, 0.15) is 5.75 Å². The normalized spacial score (nSPS) is 21.2. The van der Waals surface area contributed by atoms with E-state index in [0.29, 0.717) is 11.3 Å². The molecular formula is C20H26N2O5S. The Morgan fingerprint density at radius 1 is 1.21 bits per heavy atom. The van der Waals surface area contributed by atoms with Gasteiger partial charge in [-0.1, -0.05) is 42.0 Å². The molecule has 7 nitrogen and oxygen atoms in total. The van der Waals surface area contributed by atoms with Crippen LogP contribution in [0.2, 0.25) is 0 Å². The molecule has 1 saturated heterocycles. The van der Waals surface area contributed by atoms with Crippen LogP contribution in [-0.2, 0) is 14.6 Å². The molecule has 0 bridgehead atoms. The number of piperidine rings is 1. The van der Waals surface area contributed by atoms with Gasteiger partial charge in [0.2, 0.25) is 0 Å². The first-order valence-corrected chi connectivity index (χ1v) is 10.6. The Morgan fingerprint density at radius 2 is 1.96 bits per heavy atom. The fourth-order valence-corrected chi connectivity index (χ4v) is 4.03. The summed E-state index contributed by atoms with van der Waals surface area (Å²) in [6.45, 7) is 2.76. The third-order valence-electron chi connectivity index (χ3n) is 4.87. The minimum atomic E-state index is -4.68. The average Bonchev–Trinajstić information content (AvgIpc) is 2.67. The fourth-order valence-electron chi connectivity index (χ4n) is 3.62. The highest BCUT2D eigenvalue weighted by molar-refractivity contribution is 7.80. The second kappa shape index (κ2) is 9.02. The largest absolute Gasteiger partial charge is 0.496 e. The van der Waals surface area contributed by atoms with Crippen molar-refractivity contribution in [2.75, 3.05) is 13.7 Å². The molecule has 0 radical (unpaired) electrons. The van der Waals surface area contributed by atoms with Crippen molar-refractivity contribution in [1.82, 2.24) is 10.6 Å². The highest BCUT2D eigenvalue weighted by Crippen LogP contribution is 2.32. The van der Waals surface area contributed by atoms with Gasteiger partial charge in [-0.15, -0.1) is 0 Å². The van der Waals surface area contributed by atoms with Crippen LogP contribution in [0.15, 0.2) is 48.5 Å². The molecule has 3 rings (SSSR count). The molecule has 2 aromatic carbocycles. The molecule has 2 aromatic rings. The first-order chi connectivity index (χ1) is 13.4. The summed E-state index contributed by atoms with van der Waals surface area (Å²) in [6, 6.07) is 15.2. The van der Waals surface area contributed by atoms with Gasteiger partial charge < -0.3 is 10.1 Å². The van der Waals surface area contributed by atoms with Crippen LogP contribution in [0.4, 0.5) is 0 Å². The molecule has 28 heavy (non-hydrogen) atoms. The van der Waals surface area contributed by atoms with Crippen molar-refractivity contribution >= 4 is 10.4 Å². The van der Waals surface area contributed by atoms with Crippen LogP contribution < -0.4 is 15.4 Å². The second-order valence-corrected chi connectivity index (χ2v) is 7.96. The number of hydrogen-bond donors (Lipinski definition) is 3. The van der Waals surface area contributed by atoms with Crippen molar-refractivity contribution in [3.05, 3.63) is 65.2 Å². The van der Waals surface area contributed by atoms with E-state index in [4.69, 9.17) is 8.92 Å². The summed E-state index contributed by atoms with van der Waals surface area (Å²) in [7, 11) is -3.17. The summed E-state index contributed by atoms with van der Waals surface area (Å²) in [5.41, 5.74) is 2.53. The molecule has 0 saturated carbocycles. The minimum absolute atomic E-state index is 0.0155. The number of aryl methyl sites for hydroxylation is 1.